The molecule has 1 saturated heterocycles. The number of thioether (sulfide) groups is 1. The summed E-state index contributed by atoms with van der Waals surface area (Å²) < 4.78 is 68.8. The highest BCUT2D eigenvalue weighted by molar-refractivity contribution is 8.07. The summed E-state index contributed by atoms with van der Waals surface area (Å²) in [4.78, 5) is 94.1. The van der Waals surface area contributed by atoms with Crippen LogP contribution in [0.1, 0.15) is 108 Å². The molecule has 1 aliphatic heterocycles. The summed E-state index contributed by atoms with van der Waals surface area (Å²) in [6.45, 7) is 3.94. The smallest absolute Gasteiger partial charge is 0.462 e. The minimum Gasteiger partial charge on any atom is -0.462 e. The lowest BCUT2D eigenvalue weighted by atomic mass is 9.84. The lowest BCUT2D eigenvalue weighted by Gasteiger charge is -2.35. The number of amides is 1. The van der Waals surface area contributed by atoms with E-state index in [9.17, 15) is 42.4 Å². The summed E-state index contributed by atoms with van der Waals surface area (Å²) in [5, 5.41) is 2.66. The maximum atomic E-state index is 14.5. The van der Waals surface area contributed by atoms with E-state index in [1.165, 1.54) is 36.4 Å². The number of nitrogens with zero attached hydrogens (tertiary/aromatic N) is 2. The minimum absolute atomic E-state index is 0.00513. The Balaban J connectivity index is 0.890. The maximum absolute atomic E-state index is 14.5. The number of carbonyl (C=O) groups is 4. The van der Waals surface area contributed by atoms with E-state index in [-0.39, 0.29) is 17.9 Å². The molecule has 2 aliphatic rings. The largest absolute Gasteiger partial charge is 0.527 e. The highest BCUT2D eigenvalue weighted by atomic mass is 32.2. The first-order chi connectivity index (χ1) is 44.0. The molecule has 1 aliphatic carbocycles. The number of hydrogen-bond acceptors (Lipinski definition) is 15. The van der Waals surface area contributed by atoms with Crippen LogP contribution in [0.2, 0.25) is 0 Å². The number of alkyl carbamates (subject to hydrolysis) is 1. The molecule has 0 radical (unpaired) electrons. The fourth-order valence-electron chi connectivity index (χ4n) is 11.3. The van der Waals surface area contributed by atoms with Crippen molar-refractivity contribution in [2.75, 3.05) is 19.0 Å². The van der Waals surface area contributed by atoms with E-state index in [1.807, 2.05) is 115 Å². The SMILES string of the molecule is CC(C)(C)C(=O)OC[C@H]1O[C@@H](n2ccc(=O)n(C(=O)c3ccccc3)c2=O)C(NC(=O)OCC2c3ccccc3-c3ccccc32)[C@H]1OP(=O)(O)Oc1ccc(C(CCCCCSC(c2ccccc2)(c2ccccc2)c2ccccc2)OC(=O)OPPF)cc1. The average molecular weight is 1310 g/mol. The zero-order valence-corrected chi connectivity index (χ0v) is 53.5. The van der Waals surface area contributed by atoms with Crippen molar-refractivity contribution in [1.29, 1.82) is 0 Å². The number of phosphoric acid groups is 1. The van der Waals surface area contributed by atoms with Crippen LogP contribution in [0, 0.1) is 5.41 Å². The molecule has 8 aromatic rings. The third kappa shape index (κ3) is 15.7. The van der Waals surface area contributed by atoms with Crippen LogP contribution in [0.3, 0.4) is 0 Å². The Labute approximate surface area is 533 Å². The van der Waals surface area contributed by atoms with Crippen LogP contribution in [0.25, 0.3) is 11.1 Å². The van der Waals surface area contributed by atoms with E-state index >= 15 is 0 Å². The second kappa shape index (κ2) is 29.9. The van der Waals surface area contributed by atoms with Gasteiger partial charge in [0.15, 0.2) is 6.23 Å². The van der Waals surface area contributed by atoms with Crippen LogP contribution in [0.4, 0.5) is 13.8 Å². The molecule has 2 heterocycles. The molecule has 5 unspecified atom stereocenters. The first-order valence-electron chi connectivity index (χ1n) is 29.4. The van der Waals surface area contributed by atoms with Crippen LogP contribution < -0.4 is 21.1 Å². The van der Waals surface area contributed by atoms with Crippen molar-refractivity contribution in [3.8, 4) is 16.9 Å². The number of carbonyl (C=O) groups excluding carboxylic acids is 4. The quantitative estimate of drug-likeness (QED) is 0.0178. The molecule has 0 spiro atoms. The molecule has 7 aromatic carbocycles. The van der Waals surface area contributed by atoms with Gasteiger partial charge in [-0.2, -0.15) is 4.57 Å². The first-order valence-corrected chi connectivity index (χ1v) is 34.7. The predicted molar refractivity (Wildman–Crippen MR) is 347 cm³/mol. The number of unbranched alkanes of at least 4 members (excludes halogenated alkanes) is 2. The number of phosphoric ester groups is 1. The Hall–Kier alpha value is -8.05. The van der Waals surface area contributed by atoms with Gasteiger partial charge in [-0.15, -0.1) is 11.8 Å². The minimum atomic E-state index is -5.39. The molecule has 1 aromatic heterocycles. The van der Waals surface area contributed by atoms with E-state index in [0.717, 1.165) is 74.4 Å². The van der Waals surface area contributed by atoms with Crippen molar-refractivity contribution in [1.82, 2.24) is 14.5 Å². The van der Waals surface area contributed by atoms with Crippen LogP contribution in [0.5, 0.6) is 5.75 Å². The van der Waals surface area contributed by atoms with Crippen molar-refractivity contribution in [3.63, 3.8) is 0 Å². The first kappa shape index (κ1) is 65.9. The van der Waals surface area contributed by atoms with Gasteiger partial charge in [0.05, 0.1) is 10.2 Å². The second-order valence-corrected chi connectivity index (χ2v) is 27.0. The molecule has 1 fully saturated rings. The number of aromatic nitrogens is 2. The number of hydrogen-bond donors (Lipinski definition) is 2. The molecule has 91 heavy (non-hydrogen) atoms. The molecule has 2 N–H and O–H groups in total. The summed E-state index contributed by atoms with van der Waals surface area (Å²) in [7, 11) is -7.28. The Morgan fingerprint density at radius 1 is 0.703 bits per heavy atom. The predicted octanol–water partition coefficient (Wildman–Crippen LogP) is 14.2. The molecule has 23 heteroatoms. The van der Waals surface area contributed by atoms with Gasteiger partial charge in [0, 0.05) is 23.7 Å². The Kier molecular flexibility index (Phi) is 21.7. The van der Waals surface area contributed by atoms with Crippen LogP contribution >= 0.6 is 36.7 Å². The highest BCUT2D eigenvalue weighted by Gasteiger charge is 2.52. The zero-order chi connectivity index (χ0) is 64.1. The Bertz CT molecular complexity index is 3850. The zero-order valence-electron chi connectivity index (χ0n) is 49.8. The van der Waals surface area contributed by atoms with Crippen LogP contribution in [-0.2, 0) is 42.1 Å². The van der Waals surface area contributed by atoms with Gasteiger partial charge < -0.3 is 33.3 Å². The number of nitrogens with one attached hydrogen (secondary N) is 1. The number of halogens is 1. The third-order valence-electron chi connectivity index (χ3n) is 15.6. The second-order valence-electron chi connectivity index (χ2n) is 22.6. The average Bonchev–Trinajstić information content (AvgIpc) is 1.86. The van der Waals surface area contributed by atoms with E-state index in [2.05, 4.69) is 41.7 Å². The van der Waals surface area contributed by atoms with Gasteiger partial charge in [-0.1, -0.05) is 176 Å². The standard InChI is InChI=1S/C68H67FN3O15P3S/c1-67(2,3)63(75)81-44-57-60(59(62(83-57)71-41-40-58(73)72(65(71)77)61(74)46-23-9-4-10-24-46)70-64(76)82-43-55-53-33-20-18-31-51(53)52-32-19-21-34-54(52)55)87-90(79,80)86-50-38-36-45(37-39-50)56(84-66(78)85-89-88-69)35-17-8-22-42-91-68(47-25-11-5-12-26-47,48-27-13-6-14-28-48)49-29-15-7-16-30-49/h4-7,9-16,18-21,23-34,36-41,55-57,59-60,62,88-89H,8,17,22,35,42-44H2,1-3H3,(H,70,76)(H,79,80)/t56?,57-,59?,60+,62-/m1/s1. The molecule has 472 valence electrons. The summed E-state index contributed by atoms with van der Waals surface area (Å²) in [5.41, 5.74) is 4.32. The van der Waals surface area contributed by atoms with Gasteiger partial charge in [-0.3, -0.25) is 28.4 Å². The van der Waals surface area contributed by atoms with Crippen molar-refractivity contribution in [3.05, 3.63) is 266 Å². The van der Waals surface area contributed by atoms with Gasteiger partial charge in [0.2, 0.25) is 0 Å². The molecular weight excluding hydrogens is 1240 g/mol. The molecular formula is C68H67FN3O15P3S. The van der Waals surface area contributed by atoms with Crippen molar-refractivity contribution in [2.45, 2.75) is 87.7 Å². The number of rotatable bonds is 25. The summed E-state index contributed by atoms with van der Waals surface area (Å²) in [5.74, 6) is -1.54. The topological polar surface area (TPSA) is 226 Å². The lowest BCUT2D eigenvalue weighted by molar-refractivity contribution is -0.159. The number of benzene rings is 7. The van der Waals surface area contributed by atoms with Crippen molar-refractivity contribution in [2.24, 2.45) is 5.41 Å². The van der Waals surface area contributed by atoms with Gasteiger partial charge in [-0.05, 0) is 115 Å². The van der Waals surface area contributed by atoms with Crippen molar-refractivity contribution < 1.29 is 65.4 Å². The summed E-state index contributed by atoms with van der Waals surface area (Å²) in [6, 6.07) is 59.0. The highest BCUT2D eigenvalue weighted by Crippen LogP contribution is 2.51. The number of fused-ring (bicyclic) bond motifs is 3. The Morgan fingerprint density at radius 2 is 1.26 bits per heavy atom. The van der Waals surface area contributed by atoms with Crippen LogP contribution in [-0.4, -0.2) is 75.4 Å². The molecule has 0 saturated carbocycles. The number of esters is 1. The normalized spacial score (nSPS) is 17.4. The molecule has 8 atom stereocenters. The van der Waals surface area contributed by atoms with Gasteiger partial charge in [-0.25, -0.2) is 23.1 Å². The van der Waals surface area contributed by atoms with E-state index in [4.69, 9.17) is 32.5 Å². The number of ether oxygens (including phenoxy) is 4. The molecule has 1 amide bonds. The third-order valence-corrected chi connectivity index (χ3v) is 19.0. The van der Waals surface area contributed by atoms with Gasteiger partial charge in [0.25, 0.3) is 11.5 Å². The monoisotopic (exact) mass is 1310 g/mol. The van der Waals surface area contributed by atoms with Crippen LogP contribution in [0.15, 0.2) is 216 Å². The van der Waals surface area contributed by atoms with E-state index in [0.29, 0.717) is 23.0 Å². The molecule has 10 rings (SSSR count). The van der Waals surface area contributed by atoms with Crippen molar-refractivity contribution >= 4 is 60.8 Å². The molecule has 0 bridgehead atoms. The van der Waals surface area contributed by atoms with E-state index < -0.39 is 114 Å². The Morgan fingerprint density at radius 3 is 1.84 bits per heavy atom. The fraction of sp³-hybridized carbons (Fsp3) is 0.265. The summed E-state index contributed by atoms with van der Waals surface area (Å²) >= 11 is 1.84. The van der Waals surface area contributed by atoms with E-state index in [1.54, 1.807) is 39.0 Å². The fourth-order valence-corrected chi connectivity index (χ4v) is 14.4. The maximum Gasteiger partial charge on any atom is 0.527 e. The lowest BCUT2D eigenvalue weighted by Crippen LogP contribution is -2.51. The molecule has 18 nitrogen and oxygen atoms in total. The van der Waals surface area contributed by atoms with Gasteiger partial charge in [0.1, 0.15) is 60.4 Å². The van der Waals surface area contributed by atoms with Gasteiger partial charge >= 0.3 is 31.7 Å². The summed E-state index contributed by atoms with van der Waals surface area (Å²) in [6.07, 6.45) is -4.70.